The van der Waals surface area contributed by atoms with Gasteiger partial charge in [-0.15, -0.1) is 11.3 Å². The summed E-state index contributed by atoms with van der Waals surface area (Å²) in [6, 6.07) is 7.70. The Bertz CT molecular complexity index is 1040. The van der Waals surface area contributed by atoms with E-state index in [0.29, 0.717) is 23.2 Å². The van der Waals surface area contributed by atoms with Crippen molar-refractivity contribution in [2.24, 2.45) is 0 Å². The maximum atomic E-state index is 14.0. The van der Waals surface area contributed by atoms with Crippen molar-refractivity contribution >= 4 is 27.7 Å². The molecule has 1 aliphatic heterocycles. The van der Waals surface area contributed by atoms with E-state index >= 15 is 0 Å². The SMILES string of the molecule is COc1cc(C(F)(F)F)ccc1C1=CCN(c2nccs2)c2ccc(F)cc21. The number of ether oxygens (including phenoxy) is 1. The highest BCUT2D eigenvalue weighted by atomic mass is 32.1. The Morgan fingerprint density at radius 1 is 1.11 bits per heavy atom. The molecule has 0 bridgehead atoms. The first-order valence-corrected chi connectivity index (χ1v) is 9.19. The van der Waals surface area contributed by atoms with Crippen molar-refractivity contribution in [2.75, 3.05) is 18.6 Å². The van der Waals surface area contributed by atoms with Crippen LogP contribution in [0.5, 0.6) is 5.75 Å². The van der Waals surface area contributed by atoms with Crippen LogP contribution in [0.2, 0.25) is 0 Å². The Morgan fingerprint density at radius 2 is 1.93 bits per heavy atom. The molecule has 0 amide bonds. The molecule has 1 aromatic heterocycles. The number of fused-ring (bicyclic) bond motifs is 1. The summed E-state index contributed by atoms with van der Waals surface area (Å²) < 4.78 is 58.4. The first-order chi connectivity index (χ1) is 13.4. The Hall–Kier alpha value is -2.87. The van der Waals surface area contributed by atoms with E-state index in [4.69, 9.17) is 4.74 Å². The lowest BCUT2D eigenvalue weighted by atomic mass is 9.91. The Morgan fingerprint density at radius 3 is 2.61 bits per heavy atom. The molecule has 0 N–H and O–H groups in total. The minimum atomic E-state index is -4.47. The number of thiazole rings is 1. The lowest BCUT2D eigenvalue weighted by molar-refractivity contribution is -0.137. The number of aromatic nitrogens is 1. The number of hydrogen-bond donors (Lipinski definition) is 0. The second-order valence-corrected chi connectivity index (χ2v) is 6.99. The maximum Gasteiger partial charge on any atom is 0.416 e. The normalized spacial score (nSPS) is 13.9. The molecular formula is C20H14F4N2OS. The van der Waals surface area contributed by atoms with Crippen molar-refractivity contribution in [3.05, 3.63) is 76.6 Å². The van der Waals surface area contributed by atoms with Crippen LogP contribution in [-0.4, -0.2) is 18.6 Å². The van der Waals surface area contributed by atoms with E-state index in [9.17, 15) is 17.6 Å². The van der Waals surface area contributed by atoms with Crippen LogP contribution in [0.15, 0.2) is 54.1 Å². The summed E-state index contributed by atoms with van der Waals surface area (Å²) >= 11 is 1.45. The molecular weight excluding hydrogens is 392 g/mol. The molecule has 0 saturated heterocycles. The largest absolute Gasteiger partial charge is 0.496 e. The van der Waals surface area contributed by atoms with Gasteiger partial charge in [0.25, 0.3) is 0 Å². The highest BCUT2D eigenvalue weighted by Crippen LogP contribution is 2.43. The van der Waals surface area contributed by atoms with E-state index in [2.05, 4.69) is 4.98 Å². The van der Waals surface area contributed by atoms with Crippen molar-refractivity contribution in [3.63, 3.8) is 0 Å². The number of halogens is 4. The average molecular weight is 406 g/mol. The molecule has 8 heteroatoms. The van der Waals surface area contributed by atoms with E-state index in [1.807, 2.05) is 16.4 Å². The average Bonchev–Trinajstić information content (AvgIpc) is 3.20. The Kier molecular flexibility index (Phi) is 4.58. The number of anilines is 2. The number of alkyl halides is 3. The molecule has 2 aromatic carbocycles. The quantitative estimate of drug-likeness (QED) is 0.507. The molecule has 3 nitrogen and oxygen atoms in total. The predicted octanol–water partition coefficient (Wildman–Crippen LogP) is 5.89. The Labute approximate surface area is 162 Å². The molecule has 144 valence electrons. The Balaban J connectivity index is 1.85. The molecule has 4 rings (SSSR count). The highest BCUT2D eigenvalue weighted by Gasteiger charge is 2.32. The zero-order valence-electron chi connectivity index (χ0n) is 14.6. The summed E-state index contributed by atoms with van der Waals surface area (Å²) in [6.45, 7) is 0.450. The van der Waals surface area contributed by atoms with E-state index < -0.39 is 17.6 Å². The smallest absolute Gasteiger partial charge is 0.416 e. The number of benzene rings is 2. The third-order valence-electron chi connectivity index (χ3n) is 4.49. The van der Waals surface area contributed by atoms with E-state index in [1.54, 1.807) is 12.3 Å². The number of methoxy groups -OCH3 is 1. The summed E-state index contributed by atoms with van der Waals surface area (Å²) in [4.78, 5) is 6.23. The van der Waals surface area contributed by atoms with Crippen LogP contribution in [0.25, 0.3) is 5.57 Å². The van der Waals surface area contributed by atoms with Crippen molar-refractivity contribution in [3.8, 4) is 5.75 Å². The van der Waals surface area contributed by atoms with Gasteiger partial charge >= 0.3 is 6.18 Å². The van der Waals surface area contributed by atoms with Gasteiger partial charge in [0, 0.05) is 29.2 Å². The van der Waals surface area contributed by atoms with Crippen LogP contribution in [0.1, 0.15) is 16.7 Å². The van der Waals surface area contributed by atoms with Crippen LogP contribution in [0.4, 0.5) is 28.4 Å². The van der Waals surface area contributed by atoms with Gasteiger partial charge in [-0.1, -0.05) is 12.1 Å². The van der Waals surface area contributed by atoms with Gasteiger partial charge < -0.3 is 9.64 Å². The zero-order valence-corrected chi connectivity index (χ0v) is 15.4. The third-order valence-corrected chi connectivity index (χ3v) is 5.28. The van der Waals surface area contributed by atoms with Gasteiger partial charge in [-0.25, -0.2) is 9.37 Å². The van der Waals surface area contributed by atoms with Crippen LogP contribution in [0, 0.1) is 5.82 Å². The summed E-state index contributed by atoms with van der Waals surface area (Å²) in [5.74, 6) is -0.351. The van der Waals surface area contributed by atoms with Gasteiger partial charge in [-0.2, -0.15) is 13.2 Å². The van der Waals surface area contributed by atoms with Gasteiger partial charge in [0.2, 0.25) is 0 Å². The topological polar surface area (TPSA) is 25.4 Å². The van der Waals surface area contributed by atoms with E-state index in [0.717, 1.165) is 23.0 Å². The molecule has 0 radical (unpaired) electrons. The molecule has 1 aliphatic rings. The van der Waals surface area contributed by atoms with E-state index in [1.165, 1.54) is 36.6 Å². The van der Waals surface area contributed by atoms with Crippen LogP contribution >= 0.6 is 11.3 Å². The van der Waals surface area contributed by atoms with Gasteiger partial charge in [0.15, 0.2) is 5.13 Å². The van der Waals surface area contributed by atoms with Crippen LogP contribution in [-0.2, 0) is 6.18 Å². The van der Waals surface area contributed by atoms with Gasteiger partial charge in [0.05, 0.1) is 18.4 Å². The summed E-state index contributed by atoms with van der Waals surface area (Å²) in [5, 5.41) is 2.60. The second kappa shape index (κ2) is 6.94. The molecule has 0 aliphatic carbocycles. The lowest BCUT2D eigenvalue weighted by Gasteiger charge is -2.29. The molecule has 0 saturated carbocycles. The second-order valence-electron chi connectivity index (χ2n) is 6.12. The van der Waals surface area contributed by atoms with Crippen molar-refractivity contribution in [1.29, 1.82) is 0 Å². The highest BCUT2D eigenvalue weighted by molar-refractivity contribution is 7.13. The third kappa shape index (κ3) is 3.24. The minimum absolute atomic E-state index is 0.0824. The van der Waals surface area contributed by atoms with Gasteiger partial charge in [-0.05, 0) is 35.9 Å². The molecule has 28 heavy (non-hydrogen) atoms. The van der Waals surface area contributed by atoms with E-state index in [-0.39, 0.29) is 5.75 Å². The predicted molar refractivity (Wildman–Crippen MR) is 101 cm³/mol. The summed E-state index contributed by atoms with van der Waals surface area (Å²) in [5.41, 5.74) is 1.60. The van der Waals surface area contributed by atoms with Crippen molar-refractivity contribution in [2.45, 2.75) is 6.18 Å². The zero-order chi connectivity index (χ0) is 19.9. The molecule has 0 fully saturated rings. The fraction of sp³-hybridized carbons (Fsp3) is 0.150. The molecule has 0 atom stereocenters. The fourth-order valence-electron chi connectivity index (χ4n) is 3.23. The molecule has 0 unspecified atom stereocenters. The number of rotatable bonds is 3. The number of nitrogens with zero attached hydrogens (tertiary/aromatic N) is 2. The van der Waals surface area contributed by atoms with Crippen LogP contribution in [0.3, 0.4) is 0 Å². The molecule has 0 spiro atoms. The first-order valence-electron chi connectivity index (χ1n) is 8.31. The van der Waals surface area contributed by atoms with Crippen LogP contribution < -0.4 is 9.64 Å². The molecule has 2 heterocycles. The molecule has 3 aromatic rings. The maximum absolute atomic E-state index is 14.0. The standard InChI is InChI=1S/C20H14F4N2OS/c1-27-18-10-12(20(22,23)24)2-4-15(18)14-6-8-26(19-25-7-9-28-19)17-5-3-13(21)11-16(14)17/h2-7,9-11H,8H2,1H3. The van der Waals surface area contributed by atoms with Gasteiger partial charge in [0.1, 0.15) is 11.6 Å². The number of hydrogen-bond acceptors (Lipinski definition) is 4. The monoisotopic (exact) mass is 406 g/mol. The summed E-state index contributed by atoms with van der Waals surface area (Å²) in [6.07, 6.45) is -0.950. The lowest BCUT2D eigenvalue weighted by Crippen LogP contribution is -2.22. The first kappa shape index (κ1) is 18.5. The fourth-order valence-corrected chi connectivity index (χ4v) is 3.89. The van der Waals surface area contributed by atoms with Crippen molar-refractivity contribution in [1.82, 2.24) is 4.98 Å². The minimum Gasteiger partial charge on any atom is -0.496 e. The summed E-state index contributed by atoms with van der Waals surface area (Å²) in [7, 11) is 1.32. The van der Waals surface area contributed by atoms with Crippen molar-refractivity contribution < 1.29 is 22.3 Å². The van der Waals surface area contributed by atoms with Gasteiger partial charge in [-0.3, -0.25) is 0 Å².